The van der Waals surface area contributed by atoms with Crippen LogP contribution >= 0.6 is 11.3 Å². The summed E-state index contributed by atoms with van der Waals surface area (Å²) < 4.78 is 0. The molecule has 1 saturated carbocycles. The Balaban J connectivity index is 2.03. The molecule has 3 N–H and O–H groups in total. The summed E-state index contributed by atoms with van der Waals surface area (Å²) in [6, 6.07) is 2.81. The molecule has 0 spiro atoms. The number of hydrogen-bond donors (Lipinski definition) is 2. The SMILES string of the molecule is CCc1cc2c(N(C)C3CCCCC3)nc(NN)nc2s1. The lowest BCUT2D eigenvalue weighted by molar-refractivity contribution is 0.426. The molecule has 2 heterocycles. The standard InChI is InChI=1S/C15H23N5S/c1-3-11-9-12-13(17-15(19-16)18-14(12)21-11)20(2)10-7-5-4-6-8-10/h9-10H,3-8,16H2,1-2H3,(H,17,18,19). The number of aryl methyl sites for hydroxylation is 1. The van der Waals surface area contributed by atoms with Gasteiger partial charge in [-0.25, -0.2) is 10.8 Å². The highest BCUT2D eigenvalue weighted by Gasteiger charge is 2.22. The van der Waals surface area contributed by atoms with Gasteiger partial charge in [0.2, 0.25) is 5.95 Å². The van der Waals surface area contributed by atoms with Crippen molar-refractivity contribution in [1.82, 2.24) is 9.97 Å². The van der Waals surface area contributed by atoms with Crippen LogP contribution in [0.2, 0.25) is 0 Å². The molecule has 0 atom stereocenters. The third kappa shape index (κ3) is 2.82. The Labute approximate surface area is 129 Å². The minimum atomic E-state index is 0.504. The van der Waals surface area contributed by atoms with Crippen LogP contribution in [0.25, 0.3) is 10.2 Å². The van der Waals surface area contributed by atoms with Crippen molar-refractivity contribution in [3.05, 3.63) is 10.9 Å². The van der Waals surface area contributed by atoms with E-state index in [4.69, 9.17) is 5.84 Å². The largest absolute Gasteiger partial charge is 0.356 e. The van der Waals surface area contributed by atoms with Crippen LogP contribution in [0.15, 0.2) is 6.07 Å². The maximum absolute atomic E-state index is 5.54. The molecule has 0 radical (unpaired) electrons. The first kappa shape index (κ1) is 14.5. The van der Waals surface area contributed by atoms with Gasteiger partial charge in [-0.15, -0.1) is 11.3 Å². The lowest BCUT2D eigenvalue weighted by atomic mass is 9.94. The molecule has 0 aliphatic heterocycles. The summed E-state index contributed by atoms with van der Waals surface area (Å²) in [6.45, 7) is 2.17. The molecule has 0 unspecified atom stereocenters. The molecule has 6 heteroatoms. The number of nitrogens with zero attached hydrogens (tertiary/aromatic N) is 3. The second-order valence-electron chi connectivity index (χ2n) is 5.70. The van der Waals surface area contributed by atoms with Crippen LogP contribution in [0.5, 0.6) is 0 Å². The highest BCUT2D eigenvalue weighted by Crippen LogP contribution is 2.34. The molecular weight excluding hydrogens is 282 g/mol. The normalized spacial score (nSPS) is 16.3. The Bertz CT molecular complexity index is 618. The summed E-state index contributed by atoms with van der Waals surface area (Å²) in [5.41, 5.74) is 2.60. The number of thiophene rings is 1. The van der Waals surface area contributed by atoms with Crippen LogP contribution in [0, 0.1) is 0 Å². The van der Waals surface area contributed by atoms with Crippen LogP contribution in [0.4, 0.5) is 11.8 Å². The Morgan fingerprint density at radius 1 is 1.33 bits per heavy atom. The highest BCUT2D eigenvalue weighted by atomic mass is 32.1. The fraction of sp³-hybridized carbons (Fsp3) is 0.600. The van der Waals surface area contributed by atoms with E-state index in [1.54, 1.807) is 11.3 Å². The molecule has 114 valence electrons. The Morgan fingerprint density at radius 2 is 2.10 bits per heavy atom. The van der Waals surface area contributed by atoms with Gasteiger partial charge in [-0.1, -0.05) is 26.2 Å². The number of rotatable bonds is 4. The Morgan fingerprint density at radius 3 is 2.76 bits per heavy atom. The van der Waals surface area contributed by atoms with Crippen molar-refractivity contribution in [3.8, 4) is 0 Å². The topological polar surface area (TPSA) is 67.1 Å². The minimum Gasteiger partial charge on any atom is -0.356 e. The van der Waals surface area contributed by atoms with Crippen molar-refractivity contribution in [1.29, 1.82) is 0 Å². The number of aromatic nitrogens is 2. The number of fused-ring (bicyclic) bond motifs is 1. The minimum absolute atomic E-state index is 0.504. The number of hydrogen-bond acceptors (Lipinski definition) is 6. The van der Waals surface area contributed by atoms with Gasteiger partial charge in [0, 0.05) is 18.0 Å². The average Bonchev–Trinajstić information content (AvgIpc) is 2.97. The monoisotopic (exact) mass is 305 g/mol. The fourth-order valence-corrected chi connectivity index (χ4v) is 4.07. The van der Waals surface area contributed by atoms with E-state index in [9.17, 15) is 0 Å². The van der Waals surface area contributed by atoms with Crippen LogP contribution in [-0.2, 0) is 6.42 Å². The summed E-state index contributed by atoms with van der Waals surface area (Å²) in [5, 5.41) is 1.16. The second kappa shape index (κ2) is 6.15. The first-order valence-corrected chi connectivity index (χ1v) is 8.54. The zero-order valence-electron chi connectivity index (χ0n) is 12.7. The molecule has 0 bridgehead atoms. The number of nitrogens with one attached hydrogen (secondary N) is 1. The van der Waals surface area contributed by atoms with E-state index < -0.39 is 0 Å². The molecule has 1 fully saturated rings. The molecule has 3 rings (SSSR count). The third-order valence-corrected chi connectivity index (χ3v) is 5.53. The lowest BCUT2D eigenvalue weighted by Crippen LogP contribution is -2.34. The van der Waals surface area contributed by atoms with Gasteiger partial charge in [0.05, 0.1) is 5.39 Å². The lowest BCUT2D eigenvalue weighted by Gasteiger charge is -2.32. The maximum Gasteiger partial charge on any atom is 0.240 e. The van der Waals surface area contributed by atoms with E-state index in [0.29, 0.717) is 12.0 Å². The van der Waals surface area contributed by atoms with Crippen LogP contribution < -0.4 is 16.2 Å². The third-order valence-electron chi connectivity index (χ3n) is 4.36. The molecule has 2 aromatic heterocycles. The molecule has 1 aliphatic carbocycles. The van der Waals surface area contributed by atoms with Gasteiger partial charge in [0.15, 0.2) is 0 Å². The van der Waals surface area contributed by atoms with E-state index in [1.807, 2.05) is 0 Å². The highest BCUT2D eigenvalue weighted by molar-refractivity contribution is 7.18. The molecule has 21 heavy (non-hydrogen) atoms. The van der Waals surface area contributed by atoms with E-state index in [1.165, 1.54) is 37.0 Å². The molecule has 0 amide bonds. The molecule has 0 saturated heterocycles. The Kier molecular flexibility index (Phi) is 4.26. The molecule has 0 aromatic carbocycles. The van der Waals surface area contributed by atoms with E-state index in [2.05, 4.69) is 40.3 Å². The fourth-order valence-electron chi connectivity index (χ4n) is 3.11. The number of hydrazine groups is 1. The van der Waals surface area contributed by atoms with Gasteiger partial charge in [0.1, 0.15) is 10.6 Å². The maximum atomic E-state index is 5.54. The predicted molar refractivity (Wildman–Crippen MR) is 89.9 cm³/mol. The quantitative estimate of drug-likeness (QED) is 0.670. The summed E-state index contributed by atoms with van der Waals surface area (Å²) in [6.07, 6.45) is 7.51. The molecule has 1 aliphatic rings. The number of nitrogens with two attached hydrogens (primary N) is 1. The molecular formula is C15H23N5S. The van der Waals surface area contributed by atoms with Crippen molar-refractivity contribution in [2.45, 2.75) is 51.5 Å². The van der Waals surface area contributed by atoms with E-state index in [-0.39, 0.29) is 0 Å². The van der Waals surface area contributed by atoms with E-state index >= 15 is 0 Å². The van der Waals surface area contributed by atoms with Gasteiger partial charge in [-0.2, -0.15) is 4.98 Å². The molecule has 5 nitrogen and oxygen atoms in total. The summed E-state index contributed by atoms with van der Waals surface area (Å²) in [5.74, 6) is 7.05. The van der Waals surface area contributed by atoms with Crippen molar-refractivity contribution >= 4 is 33.3 Å². The van der Waals surface area contributed by atoms with Gasteiger partial charge >= 0.3 is 0 Å². The van der Waals surface area contributed by atoms with Crippen molar-refractivity contribution in [3.63, 3.8) is 0 Å². The first-order valence-electron chi connectivity index (χ1n) is 7.72. The van der Waals surface area contributed by atoms with E-state index in [0.717, 1.165) is 22.5 Å². The first-order chi connectivity index (χ1) is 10.2. The predicted octanol–water partition coefficient (Wildman–Crippen LogP) is 3.31. The van der Waals surface area contributed by atoms with Crippen molar-refractivity contribution in [2.75, 3.05) is 17.4 Å². The average molecular weight is 305 g/mol. The number of anilines is 2. The van der Waals surface area contributed by atoms with Crippen molar-refractivity contribution < 1.29 is 0 Å². The second-order valence-corrected chi connectivity index (χ2v) is 6.82. The van der Waals surface area contributed by atoms with Gasteiger partial charge < -0.3 is 4.90 Å². The van der Waals surface area contributed by atoms with Gasteiger partial charge in [0.25, 0.3) is 0 Å². The smallest absolute Gasteiger partial charge is 0.240 e. The number of nitrogen functional groups attached to an aromatic ring is 1. The van der Waals surface area contributed by atoms with Crippen LogP contribution in [0.1, 0.15) is 43.9 Å². The zero-order chi connectivity index (χ0) is 14.8. The summed E-state index contributed by atoms with van der Waals surface area (Å²) in [7, 11) is 2.15. The summed E-state index contributed by atoms with van der Waals surface area (Å²) in [4.78, 5) is 13.8. The zero-order valence-corrected chi connectivity index (χ0v) is 13.5. The van der Waals surface area contributed by atoms with Gasteiger partial charge in [-0.05, 0) is 25.3 Å². The Hall–Kier alpha value is -1.40. The van der Waals surface area contributed by atoms with Gasteiger partial charge in [-0.3, -0.25) is 5.43 Å². The van der Waals surface area contributed by atoms with Crippen molar-refractivity contribution in [2.24, 2.45) is 5.84 Å². The summed E-state index contributed by atoms with van der Waals surface area (Å²) >= 11 is 1.73. The van der Waals surface area contributed by atoms with Crippen LogP contribution in [0.3, 0.4) is 0 Å². The van der Waals surface area contributed by atoms with Crippen LogP contribution in [-0.4, -0.2) is 23.1 Å². The molecule has 2 aromatic rings.